The third kappa shape index (κ3) is 3.03. The maximum Gasteiger partial charge on any atom is 0.332 e. The van der Waals surface area contributed by atoms with E-state index in [9.17, 15) is 14.4 Å². The first-order valence-corrected chi connectivity index (χ1v) is 8.12. The Hall–Kier alpha value is -2.29. The average molecular weight is 352 g/mol. The fourth-order valence-corrected chi connectivity index (χ4v) is 3.24. The van der Waals surface area contributed by atoms with E-state index in [1.165, 1.54) is 30.5 Å². The van der Waals surface area contributed by atoms with Gasteiger partial charge in [0.15, 0.2) is 16.3 Å². The fourth-order valence-electron chi connectivity index (χ4n) is 2.31. The van der Waals surface area contributed by atoms with Crippen LogP contribution in [-0.2, 0) is 30.2 Å². The summed E-state index contributed by atoms with van der Waals surface area (Å²) < 4.78 is 8.77. The van der Waals surface area contributed by atoms with E-state index in [1.54, 1.807) is 18.5 Å². The van der Waals surface area contributed by atoms with Gasteiger partial charge >= 0.3 is 11.7 Å². The van der Waals surface area contributed by atoms with E-state index >= 15 is 0 Å². The fraction of sp³-hybridized carbons (Fsp3) is 0.467. The third-order valence-corrected chi connectivity index (χ3v) is 4.62. The van der Waals surface area contributed by atoms with Gasteiger partial charge in [-0.05, 0) is 13.8 Å². The minimum atomic E-state index is -0.503. The van der Waals surface area contributed by atoms with Crippen molar-refractivity contribution in [2.75, 3.05) is 7.11 Å². The summed E-state index contributed by atoms with van der Waals surface area (Å²) in [5, 5.41) is -0.0410. The average Bonchev–Trinajstić information content (AvgIpc) is 2.87. The van der Waals surface area contributed by atoms with E-state index in [2.05, 4.69) is 11.6 Å². The number of aryl methyl sites for hydroxylation is 1. The largest absolute Gasteiger partial charge is 0.468 e. The lowest BCUT2D eigenvalue weighted by Crippen LogP contribution is -2.37. The van der Waals surface area contributed by atoms with Gasteiger partial charge in [-0.3, -0.25) is 18.7 Å². The van der Waals surface area contributed by atoms with E-state index in [-0.39, 0.29) is 5.65 Å². The quantitative estimate of drug-likeness (QED) is 0.446. The predicted molar refractivity (Wildman–Crippen MR) is 92.4 cm³/mol. The van der Waals surface area contributed by atoms with Crippen molar-refractivity contribution in [3.63, 3.8) is 0 Å². The van der Waals surface area contributed by atoms with Crippen LogP contribution in [0.3, 0.4) is 0 Å². The van der Waals surface area contributed by atoms with Crippen LogP contribution in [0.25, 0.3) is 11.2 Å². The highest BCUT2D eigenvalue weighted by atomic mass is 32.2. The van der Waals surface area contributed by atoms with Crippen LogP contribution in [0.2, 0.25) is 0 Å². The van der Waals surface area contributed by atoms with Crippen molar-refractivity contribution >= 4 is 28.9 Å². The Bertz CT molecular complexity index is 938. The van der Waals surface area contributed by atoms with Crippen LogP contribution in [0.4, 0.5) is 0 Å². The molecule has 2 rings (SSSR count). The number of esters is 1. The number of fused-ring (bicyclic) bond motifs is 1. The lowest BCUT2D eigenvalue weighted by molar-refractivity contribution is -0.139. The SMILES string of the molecule is C=C(C)Cn1c(S[C@@H](C)C(=O)OC)nc2c1c(=O)n(C)c(=O)n2C. The summed E-state index contributed by atoms with van der Waals surface area (Å²) in [5.74, 6) is -0.393. The van der Waals surface area contributed by atoms with E-state index in [0.29, 0.717) is 17.2 Å². The Morgan fingerprint density at radius 3 is 2.50 bits per heavy atom. The number of thioether (sulfide) groups is 1. The van der Waals surface area contributed by atoms with Crippen LogP contribution in [-0.4, -0.2) is 37.0 Å². The van der Waals surface area contributed by atoms with Gasteiger partial charge in [-0.1, -0.05) is 23.9 Å². The standard InChI is InChI=1S/C15H20N4O4S/c1-8(2)7-19-10-11(17(4)15(22)18(5)12(10)20)16-14(19)24-9(3)13(21)23-6/h9H,1,7H2,2-6H3/t9-/m0/s1. The summed E-state index contributed by atoms with van der Waals surface area (Å²) in [6, 6.07) is 0. The highest BCUT2D eigenvalue weighted by Gasteiger charge is 2.23. The first-order valence-electron chi connectivity index (χ1n) is 7.24. The second-order valence-corrected chi connectivity index (χ2v) is 6.91. The van der Waals surface area contributed by atoms with Gasteiger partial charge in [-0.2, -0.15) is 0 Å². The second kappa shape index (κ2) is 6.68. The van der Waals surface area contributed by atoms with Crippen LogP contribution < -0.4 is 11.2 Å². The Kier molecular flexibility index (Phi) is 5.02. The number of aromatic nitrogens is 4. The van der Waals surface area contributed by atoms with Gasteiger partial charge < -0.3 is 9.30 Å². The van der Waals surface area contributed by atoms with Crippen LogP contribution >= 0.6 is 11.8 Å². The first-order chi connectivity index (χ1) is 11.2. The number of allylic oxidation sites excluding steroid dienone is 1. The molecule has 2 heterocycles. The molecule has 0 aliphatic rings. The Labute approximate surface area is 142 Å². The number of imidazole rings is 1. The van der Waals surface area contributed by atoms with Gasteiger partial charge in [-0.15, -0.1) is 0 Å². The summed E-state index contributed by atoms with van der Waals surface area (Å²) in [5.41, 5.74) is 0.522. The van der Waals surface area contributed by atoms with Crippen LogP contribution in [0.5, 0.6) is 0 Å². The smallest absolute Gasteiger partial charge is 0.332 e. The molecule has 0 radical (unpaired) electrons. The van der Waals surface area contributed by atoms with Gasteiger partial charge in [0.25, 0.3) is 5.56 Å². The van der Waals surface area contributed by atoms with E-state index in [0.717, 1.165) is 10.1 Å². The molecule has 0 unspecified atom stereocenters. The van der Waals surface area contributed by atoms with Crippen molar-refractivity contribution in [3.05, 3.63) is 33.0 Å². The lowest BCUT2D eigenvalue weighted by Gasteiger charge is -2.11. The van der Waals surface area contributed by atoms with Crippen molar-refractivity contribution in [1.82, 2.24) is 18.7 Å². The van der Waals surface area contributed by atoms with E-state index in [1.807, 2.05) is 6.92 Å². The molecule has 0 aromatic carbocycles. The summed E-state index contributed by atoms with van der Waals surface area (Å²) in [4.78, 5) is 40.8. The van der Waals surface area contributed by atoms with Gasteiger partial charge in [0, 0.05) is 20.6 Å². The van der Waals surface area contributed by atoms with Crippen molar-refractivity contribution < 1.29 is 9.53 Å². The first kappa shape index (κ1) is 18.1. The second-order valence-electron chi connectivity index (χ2n) is 5.60. The summed E-state index contributed by atoms with van der Waals surface area (Å²) in [6.07, 6.45) is 0. The molecule has 0 N–H and O–H groups in total. The monoisotopic (exact) mass is 352 g/mol. The van der Waals surface area contributed by atoms with Crippen molar-refractivity contribution in [1.29, 1.82) is 0 Å². The zero-order valence-electron chi connectivity index (χ0n) is 14.3. The Balaban J connectivity index is 2.76. The van der Waals surface area contributed by atoms with Crippen molar-refractivity contribution in [3.8, 4) is 0 Å². The molecule has 9 heteroatoms. The van der Waals surface area contributed by atoms with Gasteiger partial charge in [0.2, 0.25) is 0 Å². The zero-order valence-corrected chi connectivity index (χ0v) is 15.1. The predicted octanol–water partition coefficient (Wildman–Crippen LogP) is 0.663. The maximum absolute atomic E-state index is 12.6. The molecule has 0 saturated carbocycles. The van der Waals surface area contributed by atoms with Crippen LogP contribution in [0, 0.1) is 0 Å². The number of rotatable bonds is 5. The minimum Gasteiger partial charge on any atom is -0.468 e. The lowest BCUT2D eigenvalue weighted by atomic mass is 10.3. The van der Waals surface area contributed by atoms with Crippen LogP contribution in [0.15, 0.2) is 26.9 Å². The molecule has 2 aromatic heterocycles. The number of hydrogen-bond acceptors (Lipinski definition) is 6. The molecular weight excluding hydrogens is 332 g/mol. The Morgan fingerprint density at radius 2 is 1.96 bits per heavy atom. The van der Waals surface area contributed by atoms with Gasteiger partial charge in [-0.25, -0.2) is 9.78 Å². The molecule has 8 nitrogen and oxygen atoms in total. The van der Waals surface area contributed by atoms with E-state index < -0.39 is 22.5 Å². The topological polar surface area (TPSA) is 88.1 Å². The van der Waals surface area contributed by atoms with Crippen molar-refractivity contribution in [2.24, 2.45) is 14.1 Å². The molecule has 1 atom stereocenters. The maximum atomic E-state index is 12.6. The summed E-state index contributed by atoms with van der Waals surface area (Å²) >= 11 is 1.17. The third-order valence-electron chi connectivity index (χ3n) is 3.56. The highest BCUT2D eigenvalue weighted by Crippen LogP contribution is 2.26. The molecule has 0 bridgehead atoms. The van der Waals surface area contributed by atoms with Gasteiger partial charge in [0.1, 0.15) is 5.25 Å². The number of ether oxygens (including phenoxy) is 1. The number of methoxy groups -OCH3 is 1. The molecule has 2 aromatic rings. The normalized spacial score (nSPS) is 12.4. The summed E-state index contributed by atoms with van der Waals surface area (Å²) in [6.45, 7) is 7.76. The molecule has 0 saturated heterocycles. The molecule has 0 amide bonds. The number of hydrogen-bond donors (Lipinski definition) is 0. The molecule has 0 fully saturated rings. The Morgan fingerprint density at radius 1 is 1.33 bits per heavy atom. The molecular formula is C15H20N4O4S. The zero-order chi connectivity index (χ0) is 18.2. The minimum absolute atomic E-state index is 0.281. The molecule has 130 valence electrons. The summed E-state index contributed by atoms with van der Waals surface area (Å²) in [7, 11) is 4.29. The van der Waals surface area contributed by atoms with E-state index in [4.69, 9.17) is 4.74 Å². The van der Waals surface area contributed by atoms with Crippen molar-refractivity contribution in [2.45, 2.75) is 30.8 Å². The molecule has 0 aliphatic heterocycles. The highest BCUT2D eigenvalue weighted by molar-refractivity contribution is 8.00. The molecule has 24 heavy (non-hydrogen) atoms. The van der Waals surface area contributed by atoms with Gasteiger partial charge in [0.05, 0.1) is 7.11 Å². The number of nitrogens with zero attached hydrogens (tertiary/aromatic N) is 4. The van der Waals surface area contributed by atoms with Crippen LogP contribution in [0.1, 0.15) is 13.8 Å². The number of carbonyl (C=O) groups excluding carboxylic acids is 1. The molecule has 0 spiro atoms. The molecule has 0 aliphatic carbocycles. The number of carbonyl (C=O) groups is 1.